The van der Waals surface area contributed by atoms with Crippen LogP contribution in [-0.2, 0) is 11.3 Å². The van der Waals surface area contributed by atoms with Gasteiger partial charge in [0.15, 0.2) is 5.15 Å². The SMILES string of the molecule is [2H]C1(c2ncc3c(Cl)nccn23)CCCN1C(=O)OCc1ccccc1. The number of hydrogen-bond acceptors (Lipinski definition) is 4. The number of benzene rings is 1. The molecule has 0 radical (unpaired) electrons. The molecule has 1 aromatic carbocycles. The lowest BCUT2D eigenvalue weighted by Crippen LogP contribution is -2.32. The number of halogens is 1. The van der Waals surface area contributed by atoms with Crippen LogP contribution in [0.5, 0.6) is 0 Å². The van der Waals surface area contributed by atoms with E-state index in [1.807, 2.05) is 30.3 Å². The summed E-state index contributed by atoms with van der Waals surface area (Å²) in [6.45, 7) is 0.620. The van der Waals surface area contributed by atoms with Crippen molar-refractivity contribution < 1.29 is 10.9 Å². The molecule has 0 aliphatic carbocycles. The summed E-state index contributed by atoms with van der Waals surface area (Å²) in [7, 11) is 0. The van der Waals surface area contributed by atoms with Crippen LogP contribution in [0.2, 0.25) is 5.15 Å². The number of carbonyl (C=O) groups excluding carboxylic acids is 1. The lowest BCUT2D eigenvalue weighted by atomic mass is 10.2. The van der Waals surface area contributed by atoms with Gasteiger partial charge in [-0.2, -0.15) is 0 Å². The molecular weight excluding hydrogens is 340 g/mol. The van der Waals surface area contributed by atoms with Crippen molar-refractivity contribution in [1.29, 1.82) is 0 Å². The first kappa shape index (κ1) is 14.7. The minimum absolute atomic E-state index is 0.171. The summed E-state index contributed by atoms with van der Waals surface area (Å²) in [5, 5.41) is 0.311. The molecule has 3 aromatic rings. The first-order valence-electron chi connectivity index (χ1n) is 8.56. The maximum atomic E-state index is 12.6. The van der Waals surface area contributed by atoms with Crippen LogP contribution in [0.25, 0.3) is 5.52 Å². The molecule has 128 valence electrons. The van der Waals surface area contributed by atoms with Crippen molar-refractivity contribution in [1.82, 2.24) is 19.3 Å². The Morgan fingerprint density at radius 1 is 1.36 bits per heavy atom. The van der Waals surface area contributed by atoms with Gasteiger partial charge in [-0.3, -0.25) is 9.30 Å². The average Bonchev–Trinajstić information content (AvgIpc) is 3.26. The Bertz CT molecular complexity index is 949. The van der Waals surface area contributed by atoms with Gasteiger partial charge in [0.1, 0.15) is 17.9 Å². The first-order chi connectivity index (χ1) is 12.6. The molecule has 1 amide bonds. The van der Waals surface area contributed by atoms with Gasteiger partial charge in [0.05, 0.1) is 13.6 Å². The average molecular weight is 358 g/mol. The number of likely N-dealkylation sites (tertiary alicyclic amines) is 1. The highest BCUT2D eigenvalue weighted by molar-refractivity contribution is 6.32. The molecule has 2 aromatic heterocycles. The molecule has 0 spiro atoms. The topological polar surface area (TPSA) is 59.7 Å². The second-order valence-electron chi connectivity index (χ2n) is 5.80. The van der Waals surface area contributed by atoms with E-state index < -0.39 is 12.1 Å². The number of carbonyl (C=O) groups is 1. The van der Waals surface area contributed by atoms with Crippen molar-refractivity contribution in [2.75, 3.05) is 6.54 Å². The van der Waals surface area contributed by atoms with Gasteiger partial charge < -0.3 is 4.74 Å². The summed E-state index contributed by atoms with van der Waals surface area (Å²) in [5.74, 6) is 0.436. The van der Waals surface area contributed by atoms with Gasteiger partial charge in [0.25, 0.3) is 0 Å². The van der Waals surface area contributed by atoms with Crippen LogP contribution in [-0.4, -0.2) is 31.9 Å². The van der Waals surface area contributed by atoms with Crippen LogP contribution in [0, 0.1) is 0 Å². The summed E-state index contributed by atoms with van der Waals surface area (Å²) < 4.78 is 16.1. The Labute approximate surface area is 151 Å². The molecule has 1 aliphatic rings. The molecule has 1 atom stereocenters. The normalized spacial score (nSPS) is 20.7. The van der Waals surface area contributed by atoms with Gasteiger partial charge in [-0.1, -0.05) is 41.9 Å². The number of rotatable bonds is 3. The van der Waals surface area contributed by atoms with Crippen LogP contribution < -0.4 is 0 Å². The summed E-state index contributed by atoms with van der Waals surface area (Å²) in [4.78, 5) is 22.5. The molecule has 0 N–H and O–H groups in total. The predicted molar refractivity (Wildman–Crippen MR) is 93.3 cm³/mol. The van der Waals surface area contributed by atoms with Crippen molar-refractivity contribution in [3.8, 4) is 0 Å². The van der Waals surface area contributed by atoms with Crippen LogP contribution in [0.1, 0.15) is 31.6 Å². The summed E-state index contributed by atoms with van der Waals surface area (Å²) in [5.41, 5.74) is 1.51. The molecule has 0 saturated carbocycles. The Kier molecular flexibility index (Phi) is 3.96. The number of imidazole rings is 1. The fourth-order valence-electron chi connectivity index (χ4n) is 3.02. The van der Waals surface area contributed by atoms with Crippen molar-refractivity contribution in [2.24, 2.45) is 0 Å². The summed E-state index contributed by atoms with van der Waals surface area (Å²) >= 11 is 6.10. The van der Waals surface area contributed by atoms with Crippen molar-refractivity contribution in [3.05, 3.63) is 65.5 Å². The third kappa shape index (κ3) is 3.05. The fourth-order valence-corrected chi connectivity index (χ4v) is 3.21. The van der Waals surface area contributed by atoms with E-state index in [4.69, 9.17) is 17.7 Å². The molecular formula is C18H17ClN4O2. The summed E-state index contributed by atoms with van der Waals surface area (Å²) in [6.07, 6.45) is 5.50. The third-order valence-corrected chi connectivity index (χ3v) is 4.51. The quantitative estimate of drug-likeness (QED) is 0.714. The minimum Gasteiger partial charge on any atom is -0.445 e. The maximum absolute atomic E-state index is 12.6. The van der Waals surface area contributed by atoms with Crippen molar-refractivity contribution in [2.45, 2.75) is 25.5 Å². The molecule has 1 aliphatic heterocycles. The van der Waals surface area contributed by atoms with Crippen LogP contribution in [0.4, 0.5) is 4.79 Å². The molecule has 1 unspecified atom stereocenters. The lowest BCUT2D eigenvalue weighted by Gasteiger charge is -2.23. The Morgan fingerprint density at radius 3 is 3.04 bits per heavy atom. The zero-order chi connectivity index (χ0) is 18.1. The molecule has 1 fully saturated rings. The van der Waals surface area contributed by atoms with E-state index in [-0.39, 0.29) is 6.61 Å². The second kappa shape index (κ2) is 6.72. The van der Waals surface area contributed by atoms with Gasteiger partial charge in [0, 0.05) is 18.9 Å². The number of hydrogen-bond donors (Lipinski definition) is 0. The van der Waals surface area contributed by atoms with Crippen LogP contribution in [0.3, 0.4) is 0 Å². The van der Waals surface area contributed by atoms with E-state index in [2.05, 4.69) is 9.97 Å². The molecule has 25 heavy (non-hydrogen) atoms. The van der Waals surface area contributed by atoms with Gasteiger partial charge in [-0.15, -0.1) is 0 Å². The highest BCUT2D eigenvalue weighted by Gasteiger charge is 2.34. The first-order valence-corrected chi connectivity index (χ1v) is 8.44. The number of ether oxygens (including phenoxy) is 1. The van der Waals surface area contributed by atoms with Crippen molar-refractivity contribution >= 4 is 23.2 Å². The molecule has 0 bridgehead atoms. The Morgan fingerprint density at radius 2 is 2.20 bits per heavy atom. The van der Waals surface area contributed by atoms with Crippen molar-refractivity contribution in [3.63, 3.8) is 0 Å². The third-order valence-electron chi connectivity index (χ3n) is 4.22. The zero-order valence-corrected chi connectivity index (χ0v) is 14.2. The van der Waals surface area contributed by atoms with Gasteiger partial charge in [0.2, 0.25) is 0 Å². The largest absolute Gasteiger partial charge is 0.445 e. The Balaban J connectivity index is 1.60. The van der Waals surface area contributed by atoms with Gasteiger partial charge in [-0.25, -0.2) is 14.8 Å². The Hall–Kier alpha value is -2.60. The lowest BCUT2D eigenvalue weighted by molar-refractivity contribution is 0.0908. The number of aromatic nitrogens is 3. The van der Waals surface area contributed by atoms with E-state index >= 15 is 0 Å². The molecule has 7 heteroatoms. The van der Waals surface area contributed by atoms with Gasteiger partial charge >= 0.3 is 6.09 Å². The minimum atomic E-state index is -1.30. The highest BCUT2D eigenvalue weighted by Crippen LogP contribution is 2.32. The van der Waals surface area contributed by atoms with Crippen LogP contribution in [0.15, 0.2) is 48.9 Å². The van der Waals surface area contributed by atoms with E-state index in [0.29, 0.717) is 35.9 Å². The van der Waals surface area contributed by atoms with E-state index in [1.165, 1.54) is 4.90 Å². The smallest absolute Gasteiger partial charge is 0.410 e. The van der Waals surface area contributed by atoms with E-state index in [0.717, 1.165) is 5.56 Å². The van der Waals surface area contributed by atoms with E-state index in [1.54, 1.807) is 23.0 Å². The predicted octanol–water partition coefficient (Wildman–Crippen LogP) is 3.86. The van der Waals surface area contributed by atoms with Gasteiger partial charge in [-0.05, 0) is 18.4 Å². The number of nitrogens with zero attached hydrogens (tertiary/aromatic N) is 4. The molecule has 6 nitrogen and oxygen atoms in total. The standard InChI is InChI=1S/C18H17ClN4O2/c19-16-15-11-21-17(22(15)10-8-20-16)14-7-4-9-23(14)18(24)25-12-13-5-2-1-3-6-13/h1-3,5-6,8,10-11,14H,4,7,9,12H2/i14D. The maximum Gasteiger partial charge on any atom is 0.410 e. The molecule has 3 heterocycles. The van der Waals surface area contributed by atoms with Crippen LogP contribution >= 0.6 is 11.6 Å². The molecule has 1 saturated heterocycles. The zero-order valence-electron chi connectivity index (χ0n) is 14.4. The number of fused-ring (bicyclic) bond motifs is 1. The fraction of sp³-hybridized carbons (Fsp3) is 0.278. The molecule has 4 rings (SSSR count). The van der Waals surface area contributed by atoms with E-state index in [9.17, 15) is 4.79 Å². The number of amides is 1. The highest BCUT2D eigenvalue weighted by atomic mass is 35.5. The monoisotopic (exact) mass is 357 g/mol. The summed E-state index contributed by atoms with van der Waals surface area (Å²) in [6, 6.07) is 8.17. The second-order valence-corrected chi connectivity index (χ2v) is 6.16.